The van der Waals surface area contributed by atoms with Gasteiger partial charge in [0.1, 0.15) is 12.4 Å². The Labute approximate surface area is 188 Å². The highest BCUT2D eigenvalue weighted by Gasteiger charge is 2.32. The lowest BCUT2D eigenvalue weighted by molar-refractivity contribution is -0.110. The Bertz CT molecular complexity index is 1170. The van der Waals surface area contributed by atoms with Gasteiger partial charge in [-0.2, -0.15) is 0 Å². The van der Waals surface area contributed by atoms with E-state index in [0.29, 0.717) is 17.9 Å². The Morgan fingerprint density at radius 3 is 2.69 bits per heavy atom. The van der Waals surface area contributed by atoms with Crippen molar-refractivity contribution in [2.75, 3.05) is 25.0 Å². The van der Waals surface area contributed by atoms with E-state index >= 15 is 0 Å². The molecule has 5 rings (SSSR count). The third kappa shape index (κ3) is 4.04. The summed E-state index contributed by atoms with van der Waals surface area (Å²) in [6.45, 7) is 5.75. The molecule has 0 bridgehead atoms. The van der Waals surface area contributed by atoms with Crippen LogP contribution >= 0.6 is 0 Å². The molecule has 0 radical (unpaired) electrons. The zero-order valence-corrected chi connectivity index (χ0v) is 18.3. The van der Waals surface area contributed by atoms with Gasteiger partial charge in [0.15, 0.2) is 0 Å². The first-order chi connectivity index (χ1) is 15.7. The van der Waals surface area contributed by atoms with Crippen LogP contribution in [-0.4, -0.2) is 35.4 Å². The van der Waals surface area contributed by atoms with Crippen molar-refractivity contribution >= 4 is 22.9 Å². The number of hydrogen-bond acceptors (Lipinski definition) is 4. The van der Waals surface area contributed by atoms with Crippen LogP contribution in [0.1, 0.15) is 34.9 Å². The Morgan fingerprint density at radius 1 is 1.00 bits per heavy atom. The molecular weight excluding hydrogens is 398 g/mol. The number of amides is 1. The molecule has 0 fully saturated rings. The van der Waals surface area contributed by atoms with E-state index in [9.17, 15) is 4.79 Å². The number of benzene rings is 2. The van der Waals surface area contributed by atoms with Gasteiger partial charge in [0, 0.05) is 53.8 Å². The lowest BCUT2D eigenvalue weighted by atomic mass is 9.98. The monoisotopic (exact) mass is 425 g/mol. The van der Waals surface area contributed by atoms with Crippen molar-refractivity contribution in [2.45, 2.75) is 26.4 Å². The van der Waals surface area contributed by atoms with Gasteiger partial charge in [-0.05, 0) is 36.7 Å². The average molecular weight is 426 g/mol. The van der Waals surface area contributed by atoms with Gasteiger partial charge >= 0.3 is 0 Å². The van der Waals surface area contributed by atoms with E-state index in [4.69, 9.17) is 4.74 Å². The summed E-state index contributed by atoms with van der Waals surface area (Å²) in [7, 11) is 0. The van der Waals surface area contributed by atoms with Gasteiger partial charge in [0.2, 0.25) is 0 Å². The van der Waals surface area contributed by atoms with Gasteiger partial charge in [-0.25, -0.2) is 0 Å². The molecule has 3 aromatic rings. The van der Waals surface area contributed by atoms with Gasteiger partial charge in [-0.15, -0.1) is 0 Å². The molecule has 0 atom stereocenters. The lowest BCUT2D eigenvalue weighted by Crippen LogP contribution is -2.28. The second-order valence-corrected chi connectivity index (χ2v) is 8.24. The molecular formula is C27H27N3O2. The summed E-state index contributed by atoms with van der Waals surface area (Å²) in [5.41, 5.74) is 7.01. The van der Waals surface area contributed by atoms with Crippen molar-refractivity contribution in [1.82, 2.24) is 9.88 Å². The van der Waals surface area contributed by atoms with Gasteiger partial charge in [-0.1, -0.05) is 49.4 Å². The standard InChI is InChI=1S/C27H27N3O2/c1-2-30(16-13-21-7-5-6-14-28-21)15-12-19-10-11-22-20(17-19)18-32-26(22)25-23-8-3-4-9-24(23)29-27(25)31/h3-11,14,17H,2,12-13,15-16,18H2,1H3,(H,29,31)/b26-25+. The highest BCUT2D eigenvalue weighted by molar-refractivity contribution is 6.36. The summed E-state index contributed by atoms with van der Waals surface area (Å²) in [6, 6.07) is 20.4. The quantitative estimate of drug-likeness (QED) is 0.565. The van der Waals surface area contributed by atoms with Crippen molar-refractivity contribution in [3.63, 3.8) is 0 Å². The zero-order valence-electron chi connectivity index (χ0n) is 18.3. The van der Waals surface area contributed by atoms with Gasteiger partial charge in [-0.3, -0.25) is 9.78 Å². The smallest absolute Gasteiger partial charge is 0.260 e. The van der Waals surface area contributed by atoms with Crippen molar-refractivity contribution in [3.8, 4) is 0 Å². The Morgan fingerprint density at radius 2 is 1.84 bits per heavy atom. The van der Waals surface area contributed by atoms with Crippen LogP contribution in [0.25, 0.3) is 11.3 Å². The van der Waals surface area contributed by atoms with E-state index < -0.39 is 0 Å². The molecule has 0 saturated heterocycles. The second-order valence-electron chi connectivity index (χ2n) is 8.24. The first-order valence-electron chi connectivity index (χ1n) is 11.2. The van der Waals surface area contributed by atoms with Crippen molar-refractivity contribution in [1.29, 1.82) is 0 Å². The minimum absolute atomic E-state index is 0.0929. The number of hydrogen-bond donors (Lipinski definition) is 1. The number of carbonyl (C=O) groups excluding carboxylic acids is 1. The summed E-state index contributed by atoms with van der Waals surface area (Å²) in [5.74, 6) is 0.601. The van der Waals surface area contributed by atoms with E-state index in [1.807, 2.05) is 42.6 Å². The van der Waals surface area contributed by atoms with Crippen LogP contribution in [0.15, 0.2) is 66.9 Å². The molecule has 5 heteroatoms. The van der Waals surface area contributed by atoms with Gasteiger partial charge in [0.25, 0.3) is 5.91 Å². The molecule has 162 valence electrons. The number of aromatic nitrogens is 1. The summed E-state index contributed by atoms with van der Waals surface area (Å²) >= 11 is 0. The van der Waals surface area contributed by atoms with Crippen LogP contribution in [0, 0.1) is 0 Å². The van der Waals surface area contributed by atoms with E-state index in [0.717, 1.165) is 60.5 Å². The third-order valence-electron chi connectivity index (χ3n) is 6.26. The molecule has 3 heterocycles. The summed E-state index contributed by atoms with van der Waals surface area (Å²) in [5, 5.41) is 2.94. The fraction of sp³-hybridized carbons (Fsp3) is 0.259. The first kappa shape index (κ1) is 20.5. The number of fused-ring (bicyclic) bond motifs is 2. The number of anilines is 1. The topological polar surface area (TPSA) is 54.5 Å². The highest BCUT2D eigenvalue weighted by Crippen LogP contribution is 2.41. The SMILES string of the molecule is CCN(CCc1ccc2c(c1)CO/C2=C1/C(=O)Nc2ccccc21)CCc1ccccn1. The molecule has 0 aliphatic carbocycles. The number of nitrogens with one attached hydrogen (secondary N) is 1. The van der Waals surface area contributed by atoms with E-state index in [-0.39, 0.29) is 5.91 Å². The number of ether oxygens (including phenoxy) is 1. The minimum atomic E-state index is -0.0929. The van der Waals surface area contributed by atoms with Crippen molar-refractivity contribution in [2.24, 2.45) is 0 Å². The van der Waals surface area contributed by atoms with Crippen LogP contribution in [0.2, 0.25) is 0 Å². The Balaban J connectivity index is 1.29. The van der Waals surface area contributed by atoms with Crippen molar-refractivity contribution < 1.29 is 9.53 Å². The van der Waals surface area contributed by atoms with Crippen LogP contribution in [0.3, 0.4) is 0 Å². The second kappa shape index (κ2) is 8.97. The fourth-order valence-corrected chi connectivity index (χ4v) is 4.45. The van der Waals surface area contributed by atoms with Crippen LogP contribution < -0.4 is 5.32 Å². The normalized spacial score (nSPS) is 16.6. The fourth-order valence-electron chi connectivity index (χ4n) is 4.45. The Kier molecular flexibility index (Phi) is 5.73. The van der Waals surface area contributed by atoms with E-state index in [2.05, 4.69) is 46.4 Å². The summed E-state index contributed by atoms with van der Waals surface area (Å²) in [6.07, 6.45) is 3.81. The number of carbonyl (C=O) groups is 1. The number of pyridine rings is 1. The average Bonchev–Trinajstić information content (AvgIpc) is 3.39. The third-order valence-corrected chi connectivity index (χ3v) is 6.26. The van der Waals surface area contributed by atoms with E-state index in [1.54, 1.807) is 0 Å². The molecule has 2 aliphatic rings. The predicted octanol–water partition coefficient (Wildman–Crippen LogP) is 4.54. The largest absolute Gasteiger partial charge is 0.487 e. The molecule has 5 nitrogen and oxygen atoms in total. The maximum absolute atomic E-state index is 12.6. The summed E-state index contributed by atoms with van der Waals surface area (Å²) in [4.78, 5) is 19.5. The number of nitrogens with zero attached hydrogens (tertiary/aromatic N) is 2. The molecule has 0 unspecified atom stereocenters. The lowest BCUT2D eigenvalue weighted by Gasteiger charge is -2.20. The minimum Gasteiger partial charge on any atom is -0.487 e. The van der Waals surface area contributed by atoms with Gasteiger partial charge < -0.3 is 15.0 Å². The highest BCUT2D eigenvalue weighted by atomic mass is 16.5. The molecule has 0 saturated carbocycles. The molecule has 0 spiro atoms. The molecule has 1 N–H and O–H groups in total. The van der Waals surface area contributed by atoms with Crippen molar-refractivity contribution in [3.05, 3.63) is 94.8 Å². The van der Waals surface area contributed by atoms with Gasteiger partial charge in [0.05, 0.1) is 5.57 Å². The number of rotatable bonds is 7. The first-order valence-corrected chi connectivity index (χ1v) is 11.2. The molecule has 2 aromatic carbocycles. The molecule has 1 aromatic heterocycles. The zero-order chi connectivity index (χ0) is 21.9. The van der Waals surface area contributed by atoms with Crippen LogP contribution in [-0.2, 0) is 29.0 Å². The number of likely N-dealkylation sites (N-methyl/N-ethyl adjacent to an activating group) is 1. The maximum atomic E-state index is 12.6. The van der Waals surface area contributed by atoms with Crippen LogP contribution in [0.5, 0.6) is 0 Å². The molecule has 32 heavy (non-hydrogen) atoms. The number of para-hydroxylation sites is 1. The predicted molar refractivity (Wildman–Crippen MR) is 127 cm³/mol. The summed E-state index contributed by atoms with van der Waals surface area (Å²) < 4.78 is 6.03. The van der Waals surface area contributed by atoms with E-state index in [1.165, 1.54) is 5.56 Å². The molecule has 2 aliphatic heterocycles. The Hall–Kier alpha value is -3.44. The molecule has 1 amide bonds. The maximum Gasteiger partial charge on any atom is 0.260 e. The van der Waals surface area contributed by atoms with Crippen LogP contribution in [0.4, 0.5) is 5.69 Å².